The van der Waals surface area contributed by atoms with Crippen LogP contribution in [-0.4, -0.2) is 19.6 Å². The third kappa shape index (κ3) is 1.58. The molecule has 4 aromatic rings. The van der Waals surface area contributed by atoms with E-state index in [2.05, 4.69) is 27.2 Å². The normalized spacial score (nSPS) is 11.2. The van der Waals surface area contributed by atoms with E-state index in [0.29, 0.717) is 0 Å². The van der Waals surface area contributed by atoms with Crippen molar-refractivity contribution in [3.8, 4) is 11.1 Å². The number of rotatable bonds is 1. The Morgan fingerprint density at radius 1 is 0.950 bits per heavy atom. The van der Waals surface area contributed by atoms with E-state index in [1.54, 1.807) is 0 Å². The molecular weight excluding hydrogens is 248 g/mol. The first kappa shape index (κ1) is 11.1. The lowest BCUT2D eigenvalue weighted by atomic mass is 10.0. The monoisotopic (exact) mass is 260 g/mol. The van der Waals surface area contributed by atoms with Crippen LogP contribution in [0.4, 0.5) is 0 Å². The lowest BCUT2D eigenvalue weighted by Gasteiger charge is -2.04. The van der Waals surface area contributed by atoms with Crippen LogP contribution in [-0.2, 0) is 0 Å². The van der Waals surface area contributed by atoms with Gasteiger partial charge in [0.2, 0.25) is 0 Å². The number of nitrogens with zero attached hydrogens (tertiary/aromatic N) is 4. The molecular formula is C16H12N4. The molecule has 3 heterocycles. The van der Waals surface area contributed by atoms with E-state index in [1.807, 2.05) is 54.4 Å². The molecule has 20 heavy (non-hydrogen) atoms. The molecule has 0 radical (unpaired) electrons. The minimum Gasteiger partial charge on any atom is -0.256 e. The van der Waals surface area contributed by atoms with Gasteiger partial charge < -0.3 is 0 Å². The lowest BCUT2D eigenvalue weighted by Crippen LogP contribution is -1.91. The van der Waals surface area contributed by atoms with Gasteiger partial charge in [0, 0.05) is 29.5 Å². The molecule has 4 nitrogen and oxygen atoms in total. The summed E-state index contributed by atoms with van der Waals surface area (Å²) in [6.07, 6.45) is 7.52. The van der Waals surface area contributed by atoms with E-state index in [4.69, 9.17) is 0 Å². The topological polar surface area (TPSA) is 43.1 Å². The van der Waals surface area contributed by atoms with Gasteiger partial charge in [0.25, 0.3) is 0 Å². The average Bonchev–Trinajstić information content (AvgIpc) is 2.89. The summed E-state index contributed by atoms with van der Waals surface area (Å²) in [5, 5.41) is 5.51. The first-order valence-corrected chi connectivity index (χ1v) is 6.47. The third-order valence-electron chi connectivity index (χ3n) is 3.42. The van der Waals surface area contributed by atoms with E-state index in [1.165, 1.54) is 0 Å². The zero-order valence-corrected chi connectivity index (χ0v) is 11.0. The van der Waals surface area contributed by atoms with Crippen LogP contribution in [0.3, 0.4) is 0 Å². The molecule has 0 saturated carbocycles. The molecule has 0 saturated heterocycles. The van der Waals surface area contributed by atoms with Gasteiger partial charge in [-0.2, -0.15) is 5.10 Å². The smallest absolute Gasteiger partial charge is 0.162 e. The average molecular weight is 260 g/mol. The van der Waals surface area contributed by atoms with Crippen molar-refractivity contribution < 1.29 is 0 Å². The Hall–Kier alpha value is -2.75. The maximum atomic E-state index is 4.50. The van der Waals surface area contributed by atoms with Crippen LogP contribution in [0.25, 0.3) is 27.7 Å². The second-order valence-corrected chi connectivity index (χ2v) is 4.83. The summed E-state index contributed by atoms with van der Waals surface area (Å²) in [4.78, 5) is 8.90. The van der Waals surface area contributed by atoms with Crippen molar-refractivity contribution in [2.24, 2.45) is 0 Å². The Morgan fingerprint density at radius 2 is 1.90 bits per heavy atom. The molecule has 1 aromatic carbocycles. The molecule has 0 aliphatic carbocycles. The summed E-state index contributed by atoms with van der Waals surface area (Å²) >= 11 is 0. The highest BCUT2D eigenvalue weighted by Crippen LogP contribution is 2.29. The maximum absolute atomic E-state index is 4.50. The first-order chi connectivity index (χ1) is 9.83. The number of benzene rings is 1. The number of aromatic nitrogens is 4. The van der Waals surface area contributed by atoms with Crippen LogP contribution >= 0.6 is 0 Å². The maximum Gasteiger partial charge on any atom is 0.162 e. The number of pyridine rings is 1. The van der Waals surface area contributed by atoms with Crippen molar-refractivity contribution in [2.45, 2.75) is 6.92 Å². The Labute approximate surface area is 115 Å². The number of hydrogen-bond donors (Lipinski definition) is 0. The molecule has 0 fully saturated rings. The summed E-state index contributed by atoms with van der Waals surface area (Å²) in [7, 11) is 0. The Bertz CT molecular complexity index is 919. The highest BCUT2D eigenvalue weighted by atomic mass is 15.2. The standard InChI is InChI=1S/C16H12N4/c1-11-8-18-16-14(9-19-20(16)10-11)12-4-2-6-15-13(12)5-3-7-17-15/h2-10H,1H3. The van der Waals surface area contributed by atoms with E-state index < -0.39 is 0 Å². The van der Waals surface area contributed by atoms with Gasteiger partial charge in [-0.15, -0.1) is 0 Å². The molecule has 4 heteroatoms. The van der Waals surface area contributed by atoms with Gasteiger partial charge in [0.15, 0.2) is 5.65 Å². The summed E-state index contributed by atoms with van der Waals surface area (Å²) in [6.45, 7) is 2.01. The largest absolute Gasteiger partial charge is 0.256 e. The highest BCUT2D eigenvalue weighted by Gasteiger charge is 2.11. The van der Waals surface area contributed by atoms with Crippen molar-refractivity contribution in [2.75, 3.05) is 0 Å². The van der Waals surface area contributed by atoms with Crippen molar-refractivity contribution >= 4 is 16.6 Å². The molecule has 0 spiro atoms. The van der Waals surface area contributed by atoms with E-state index >= 15 is 0 Å². The minimum atomic E-state index is 0.868. The van der Waals surface area contributed by atoms with Crippen LogP contribution in [0.15, 0.2) is 55.1 Å². The van der Waals surface area contributed by atoms with E-state index in [0.717, 1.165) is 33.2 Å². The molecule has 4 rings (SSSR count). The molecule has 0 aliphatic heterocycles. The molecule has 0 aliphatic rings. The molecule has 0 unspecified atom stereocenters. The molecule has 0 amide bonds. The quantitative estimate of drug-likeness (QED) is 0.527. The van der Waals surface area contributed by atoms with Crippen LogP contribution in [0, 0.1) is 6.92 Å². The minimum absolute atomic E-state index is 0.868. The summed E-state index contributed by atoms with van der Waals surface area (Å²) in [5.74, 6) is 0. The van der Waals surface area contributed by atoms with Gasteiger partial charge in [0.1, 0.15) is 0 Å². The van der Waals surface area contributed by atoms with Gasteiger partial charge >= 0.3 is 0 Å². The fourth-order valence-corrected chi connectivity index (χ4v) is 2.50. The van der Waals surface area contributed by atoms with Gasteiger partial charge in [-0.05, 0) is 30.2 Å². The third-order valence-corrected chi connectivity index (χ3v) is 3.42. The Morgan fingerprint density at radius 3 is 2.85 bits per heavy atom. The zero-order valence-electron chi connectivity index (χ0n) is 11.0. The molecule has 0 atom stereocenters. The molecule has 3 aromatic heterocycles. The van der Waals surface area contributed by atoms with Gasteiger partial charge in [-0.25, -0.2) is 9.50 Å². The van der Waals surface area contributed by atoms with Crippen LogP contribution < -0.4 is 0 Å². The number of hydrogen-bond acceptors (Lipinski definition) is 3. The Kier molecular flexibility index (Phi) is 2.29. The fourth-order valence-electron chi connectivity index (χ4n) is 2.50. The predicted molar refractivity (Wildman–Crippen MR) is 78.5 cm³/mol. The zero-order chi connectivity index (χ0) is 13.5. The fraction of sp³-hybridized carbons (Fsp3) is 0.0625. The molecule has 0 N–H and O–H groups in total. The Balaban J connectivity index is 2.06. The van der Waals surface area contributed by atoms with E-state index in [9.17, 15) is 0 Å². The van der Waals surface area contributed by atoms with E-state index in [-0.39, 0.29) is 0 Å². The SMILES string of the molecule is Cc1cnc2c(-c3cccc4ncccc34)cnn2c1. The van der Waals surface area contributed by atoms with Gasteiger partial charge in [-0.3, -0.25) is 4.98 Å². The first-order valence-electron chi connectivity index (χ1n) is 6.47. The van der Waals surface area contributed by atoms with Crippen molar-refractivity contribution in [3.63, 3.8) is 0 Å². The van der Waals surface area contributed by atoms with Gasteiger partial charge in [0.05, 0.1) is 11.7 Å². The number of fused-ring (bicyclic) bond motifs is 2. The second kappa shape index (κ2) is 4.13. The molecule has 96 valence electrons. The van der Waals surface area contributed by atoms with Crippen molar-refractivity contribution in [1.29, 1.82) is 0 Å². The van der Waals surface area contributed by atoms with Crippen LogP contribution in [0.5, 0.6) is 0 Å². The van der Waals surface area contributed by atoms with Crippen molar-refractivity contribution in [1.82, 2.24) is 19.6 Å². The van der Waals surface area contributed by atoms with Crippen molar-refractivity contribution in [3.05, 3.63) is 60.7 Å². The summed E-state index contributed by atoms with van der Waals surface area (Å²) in [6, 6.07) is 10.2. The van der Waals surface area contributed by atoms with Gasteiger partial charge in [-0.1, -0.05) is 18.2 Å². The number of aryl methyl sites for hydroxylation is 1. The predicted octanol–water partition coefficient (Wildman–Crippen LogP) is 3.25. The van der Waals surface area contributed by atoms with Crippen LogP contribution in [0.2, 0.25) is 0 Å². The molecule has 0 bridgehead atoms. The summed E-state index contributed by atoms with van der Waals surface area (Å²) in [5.41, 5.74) is 5.08. The summed E-state index contributed by atoms with van der Waals surface area (Å²) < 4.78 is 1.82. The lowest BCUT2D eigenvalue weighted by molar-refractivity contribution is 0.928. The van der Waals surface area contributed by atoms with Crippen LogP contribution in [0.1, 0.15) is 5.56 Å². The highest BCUT2D eigenvalue weighted by molar-refractivity contribution is 5.97. The second-order valence-electron chi connectivity index (χ2n) is 4.83.